The maximum atomic E-state index is 13.5. The monoisotopic (exact) mass is 611 g/mol. The molecule has 7 aromatic rings. The number of para-hydroxylation sites is 1. The van der Waals surface area contributed by atoms with E-state index in [4.69, 9.17) is 14.6 Å². The van der Waals surface area contributed by atoms with Crippen molar-refractivity contribution in [2.75, 3.05) is 6.61 Å². The topological polar surface area (TPSA) is 83.5 Å². The SMILES string of the molecule is CCOc1ccc(-c2nc3s/c(=C\c4cn(-c5ccccc5)nc4-c4ccc(OCc5ccccc5)c(C)c4)c(=O)n3n2)cc1. The average Bonchev–Trinajstić information content (AvgIpc) is 3.77. The fourth-order valence-electron chi connectivity index (χ4n) is 5.09. The van der Waals surface area contributed by atoms with Crippen LogP contribution in [0.4, 0.5) is 0 Å². The first-order valence-corrected chi connectivity index (χ1v) is 15.4. The van der Waals surface area contributed by atoms with Gasteiger partial charge in [-0.15, -0.1) is 5.10 Å². The quantitative estimate of drug-likeness (QED) is 0.185. The van der Waals surface area contributed by atoms with Crippen LogP contribution in [-0.4, -0.2) is 31.0 Å². The molecule has 0 aliphatic rings. The molecular formula is C36H29N5O3S. The molecule has 222 valence electrons. The lowest BCUT2D eigenvalue weighted by molar-refractivity contribution is 0.304. The lowest BCUT2D eigenvalue weighted by Gasteiger charge is -2.10. The standard InChI is InChI=1S/C36H29N5O3S/c1-3-43-30-17-14-26(15-18-30)34-37-36-41(39-34)35(42)32(45-36)21-28-22-40(29-12-8-5-9-13-29)38-33(28)27-16-19-31(24(2)20-27)44-23-25-10-6-4-7-11-25/h4-22H,3,23H2,1-2H3/b32-21-. The molecule has 0 radical (unpaired) electrons. The number of nitrogens with zero attached hydrogens (tertiary/aromatic N) is 5. The second-order valence-corrected chi connectivity index (χ2v) is 11.5. The normalized spacial score (nSPS) is 11.7. The Morgan fingerprint density at radius 2 is 1.58 bits per heavy atom. The summed E-state index contributed by atoms with van der Waals surface area (Å²) < 4.78 is 15.4. The van der Waals surface area contributed by atoms with Gasteiger partial charge in [0.05, 0.1) is 16.8 Å². The van der Waals surface area contributed by atoms with Gasteiger partial charge in [0.2, 0.25) is 4.96 Å². The van der Waals surface area contributed by atoms with Gasteiger partial charge in [-0.05, 0) is 85.6 Å². The molecule has 0 aliphatic carbocycles. The molecule has 8 nitrogen and oxygen atoms in total. The molecule has 45 heavy (non-hydrogen) atoms. The molecule has 9 heteroatoms. The van der Waals surface area contributed by atoms with E-state index in [9.17, 15) is 4.79 Å². The highest BCUT2D eigenvalue weighted by Crippen LogP contribution is 2.30. The molecule has 0 saturated heterocycles. The lowest BCUT2D eigenvalue weighted by Crippen LogP contribution is -2.23. The minimum atomic E-state index is -0.223. The van der Waals surface area contributed by atoms with E-state index >= 15 is 0 Å². The largest absolute Gasteiger partial charge is 0.494 e. The summed E-state index contributed by atoms with van der Waals surface area (Å²) in [5.41, 5.74) is 6.10. The van der Waals surface area contributed by atoms with Crippen LogP contribution in [0.25, 0.3) is 39.4 Å². The van der Waals surface area contributed by atoms with Crippen molar-refractivity contribution in [3.63, 3.8) is 0 Å². The van der Waals surface area contributed by atoms with Crippen LogP contribution in [0.1, 0.15) is 23.6 Å². The summed E-state index contributed by atoms with van der Waals surface area (Å²) in [5, 5.41) is 9.48. The molecule has 0 unspecified atom stereocenters. The highest BCUT2D eigenvalue weighted by molar-refractivity contribution is 7.15. The van der Waals surface area contributed by atoms with Gasteiger partial charge in [-0.1, -0.05) is 59.9 Å². The zero-order valence-corrected chi connectivity index (χ0v) is 25.6. The molecule has 7 rings (SSSR count). The first kappa shape index (κ1) is 28.2. The summed E-state index contributed by atoms with van der Waals surface area (Å²) in [5.74, 6) is 2.09. The van der Waals surface area contributed by atoms with Gasteiger partial charge in [-0.3, -0.25) is 4.79 Å². The third kappa shape index (κ3) is 5.85. The van der Waals surface area contributed by atoms with Gasteiger partial charge in [0.1, 0.15) is 23.8 Å². The van der Waals surface area contributed by atoms with Crippen molar-refractivity contribution < 1.29 is 9.47 Å². The maximum absolute atomic E-state index is 13.5. The Balaban J connectivity index is 1.25. The summed E-state index contributed by atoms with van der Waals surface area (Å²) in [6.45, 7) is 5.05. The first-order chi connectivity index (χ1) is 22.1. The number of ether oxygens (including phenoxy) is 2. The minimum Gasteiger partial charge on any atom is -0.494 e. The van der Waals surface area contributed by atoms with Crippen LogP contribution in [0.5, 0.6) is 11.5 Å². The van der Waals surface area contributed by atoms with Crippen LogP contribution in [0.2, 0.25) is 0 Å². The molecule has 4 aromatic carbocycles. The van der Waals surface area contributed by atoms with Gasteiger partial charge in [-0.25, -0.2) is 4.68 Å². The van der Waals surface area contributed by atoms with E-state index in [1.165, 1.54) is 15.9 Å². The fourth-order valence-corrected chi connectivity index (χ4v) is 5.99. The minimum absolute atomic E-state index is 0.223. The van der Waals surface area contributed by atoms with Crippen molar-refractivity contribution in [1.29, 1.82) is 0 Å². The Morgan fingerprint density at radius 1 is 0.844 bits per heavy atom. The molecular weight excluding hydrogens is 582 g/mol. The summed E-state index contributed by atoms with van der Waals surface area (Å²) in [7, 11) is 0. The van der Waals surface area contributed by atoms with E-state index < -0.39 is 0 Å². The van der Waals surface area contributed by atoms with Crippen LogP contribution in [0.3, 0.4) is 0 Å². The highest BCUT2D eigenvalue weighted by atomic mass is 32.1. The van der Waals surface area contributed by atoms with Gasteiger partial charge in [0, 0.05) is 22.9 Å². The Hall–Kier alpha value is -5.54. The number of fused-ring (bicyclic) bond motifs is 1. The Morgan fingerprint density at radius 3 is 2.29 bits per heavy atom. The molecule has 0 aliphatic heterocycles. The molecule has 0 saturated carbocycles. The number of aromatic nitrogens is 5. The lowest BCUT2D eigenvalue weighted by atomic mass is 10.0. The molecule has 0 atom stereocenters. The third-order valence-corrected chi connectivity index (χ3v) is 8.30. The molecule has 0 N–H and O–H groups in total. The number of hydrogen-bond acceptors (Lipinski definition) is 7. The predicted molar refractivity (Wildman–Crippen MR) is 177 cm³/mol. The zero-order valence-electron chi connectivity index (χ0n) is 24.8. The molecule has 0 fully saturated rings. The van der Waals surface area contributed by atoms with Gasteiger partial charge in [0.15, 0.2) is 5.82 Å². The van der Waals surface area contributed by atoms with E-state index in [0.29, 0.717) is 28.5 Å². The summed E-state index contributed by atoms with van der Waals surface area (Å²) in [6, 6.07) is 33.6. The molecule has 3 heterocycles. The van der Waals surface area contributed by atoms with Gasteiger partial charge >= 0.3 is 0 Å². The predicted octanol–water partition coefficient (Wildman–Crippen LogP) is 6.50. The smallest absolute Gasteiger partial charge is 0.291 e. The van der Waals surface area contributed by atoms with Gasteiger partial charge in [-0.2, -0.15) is 14.6 Å². The van der Waals surface area contributed by atoms with E-state index in [1.807, 2.05) is 128 Å². The van der Waals surface area contributed by atoms with Crippen molar-refractivity contribution >= 4 is 22.4 Å². The molecule has 3 aromatic heterocycles. The zero-order chi connectivity index (χ0) is 30.8. The van der Waals surface area contributed by atoms with E-state index in [0.717, 1.165) is 50.7 Å². The number of hydrogen-bond donors (Lipinski definition) is 0. The first-order valence-electron chi connectivity index (χ1n) is 14.6. The molecule has 0 amide bonds. The van der Waals surface area contributed by atoms with Crippen molar-refractivity contribution in [2.45, 2.75) is 20.5 Å². The van der Waals surface area contributed by atoms with Crippen LogP contribution in [0.15, 0.2) is 114 Å². The summed E-state index contributed by atoms with van der Waals surface area (Å²) in [6.07, 6.45) is 3.82. The van der Waals surface area contributed by atoms with Crippen LogP contribution < -0.4 is 19.6 Å². The van der Waals surface area contributed by atoms with Gasteiger partial charge in [0.25, 0.3) is 5.56 Å². The van der Waals surface area contributed by atoms with E-state index in [-0.39, 0.29) is 5.56 Å². The summed E-state index contributed by atoms with van der Waals surface area (Å²) >= 11 is 1.30. The number of aryl methyl sites for hydroxylation is 1. The van der Waals surface area contributed by atoms with Crippen molar-refractivity contribution in [3.05, 3.63) is 141 Å². The Kier molecular flexibility index (Phi) is 7.67. The van der Waals surface area contributed by atoms with E-state index in [1.54, 1.807) is 0 Å². The van der Waals surface area contributed by atoms with Gasteiger partial charge < -0.3 is 9.47 Å². The van der Waals surface area contributed by atoms with Crippen LogP contribution >= 0.6 is 11.3 Å². The Bertz CT molecular complexity index is 2210. The van der Waals surface area contributed by atoms with Crippen molar-refractivity contribution in [2.24, 2.45) is 0 Å². The van der Waals surface area contributed by atoms with Crippen molar-refractivity contribution in [1.82, 2.24) is 24.4 Å². The number of rotatable bonds is 9. The number of benzene rings is 4. The second-order valence-electron chi connectivity index (χ2n) is 10.5. The second kappa shape index (κ2) is 12.2. The van der Waals surface area contributed by atoms with Crippen LogP contribution in [-0.2, 0) is 6.61 Å². The Labute approximate surface area is 263 Å². The molecule has 0 bridgehead atoms. The highest BCUT2D eigenvalue weighted by Gasteiger charge is 2.16. The fraction of sp³-hybridized carbons (Fsp3) is 0.111. The van der Waals surface area contributed by atoms with Crippen molar-refractivity contribution in [3.8, 4) is 39.8 Å². The van der Waals surface area contributed by atoms with E-state index in [2.05, 4.69) is 16.1 Å². The number of thiazole rings is 1. The maximum Gasteiger partial charge on any atom is 0.291 e. The third-order valence-electron chi connectivity index (χ3n) is 7.34. The average molecular weight is 612 g/mol. The molecule has 0 spiro atoms. The van der Waals surface area contributed by atoms with Crippen LogP contribution in [0, 0.1) is 6.92 Å². The summed E-state index contributed by atoms with van der Waals surface area (Å²) in [4.78, 5) is 18.7.